The van der Waals surface area contributed by atoms with Gasteiger partial charge in [-0.05, 0) is 99.9 Å². The third kappa shape index (κ3) is 4.16. The fourth-order valence-corrected chi connectivity index (χ4v) is 8.38. The fourth-order valence-electron chi connectivity index (χ4n) is 8.38. The van der Waals surface area contributed by atoms with Crippen molar-refractivity contribution in [3.8, 4) is 12.3 Å². The zero-order valence-electron chi connectivity index (χ0n) is 21.8. The minimum Gasteiger partial charge on any atom is -0.385 e. The lowest BCUT2D eigenvalue weighted by Gasteiger charge is -2.58. The molecule has 5 rings (SSSR count). The van der Waals surface area contributed by atoms with Crippen molar-refractivity contribution in [2.75, 3.05) is 13.2 Å². The van der Waals surface area contributed by atoms with Crippen molar-refractivity contribution < 1.29 is 19.5 Å². The van der Waals surface area contributed by atoms with Gasteiger partial charge in [-0.25, -0.2) is 0 Å². The van der Waals surface area contributed by atoms with Gasteiger partial charge in [-0.15, -0.1) is 6.42 Å². The Morgan fingerprint density at radius 1 is 1.19 bits per heavy atom. The van der Waals surface area contributed by atoms with Crippen LogP contribution in [0.25, 0.3) is 0 Å². The highest BCUT2D eigenvalue weighted by Crippen LogP contribution is 2.67. The molecule has 7 nitrogen and oxygen atoms in total. The number of oxime groups is 1. The molecule has 1 heterocycles. The standard InChI is InChI=1S/C29H41N3O4/c1-4-29(35)15-12-23-21-9-8-19-17-20(10-13-27(19,2)22(21)11-14-28(23,29)3)32-36-18-25(33)31-24-7-5-6-16-30-26(24)34/h1,17,21-24,35H,5-16,18H2,2-3H3,(H,30,34)(H,31,33)/b32-20-/t21-,22+,23-,24-,27+,28+,29-/m1/s1. The van der Waals surface area contributed by atoms with Crippen molar-refractivity contribution in [3.05, 3.63) is 11.6 Å². The van der Waals surface area contributed by atoms with E-state index in [-0.39, 0.29) is 29.3 Å². The highest BCUT2D eigenvalue weighted by Gasteiger charge is 2.63. The number of carbonyl (C=O) groups excluding carboxylic acids is 2. The second kappa shape index (κ2) is 9.52. The molecule has 1 aliphatic heterocycles. The fraction of sp³-hybridized carbons (Fsp3) is 0.759. The number of amides is 2. The Bertz CT molecular complexity index is 1010. The van der Waals surface area contributed by atoms with E-state index in [9.17, 15) is 14.7 Å². The van der Waals surface area contributed by atoms with E-state index in [0.29, 0.717) is 30.7 Å². The van der Waals surface area contributed by atoms with Crippen LogP contribution in [0.2, 0.25) is 0 Å². The second-order valence-corrected chi connectivity index (χ2v) is 12.3. The van der Waals surface area contributed by atoms with E-state index >= 15 is 0 Å². The van der Waals surface area contributed by atoms with Crippen LogP contribution < -0.4 is 10.6 Å². The first kappa shape index (κ1) is 25.3. The molecular formula is C29H41N3O4. The van der Waals surface area contributed by atoms with Crippen molar-refractivity contribution >= 4 is 17.5 Å². The zero-order chi connectivity index (χ0) is 25.6. The van der Waals surface area contributed by atoms with E-state index in [4.69, 9.17) is 11.3 Å². The topological polar surface area (TPSA) is 100 Å². The van der Waals surface area contributed by atoms with Crippen LogP contribution in [0.1, 0.15) is 84.5 Å². The predicted octanol–water partition coefficient (Wildman–Crippen LogP) is 3.47. The number of rotatable bonds is 4. The highest BCUT2D eigenvalue weighted by atomic mass is 16.6. The highest BCUT2D eigenvalue weighted by molar-refractivity contribution is 5.96. The Hall–Kier alpha value is -2.33. The summed E-state index contributed by atoms with van der Waals surface area (Å²) in [6, 6.07) is -0.488. The molecule has 7 heteroatoms. The molecule has 0 spiro atoms. The lowest BCUT2D eigenvalue weighted by Crippen LogP contribution is -2.54. The molecule has 2 amide bonds. The Morgan fingerprint density at radius 3 is 2.81 bits per heavy atom. The molecule has 1 saturated heterocycles. The predicted molar refractivity (Wildman–Crippen MR) is 138 cm³/mol. The smallest absolute Gasteiger partial charge is 0.261 e. The minimum atomic E-state index is -0.963. The molecule has 5 aliphatic rings. The molecule has 196 valence electrons. The van der Waals surface area contributed by atoms with Crippen molar-refractivity contribution in [1.82, 2.24) is 10.6 Å². The number of allylic oxidation sites excluding steroid dienone is 2. The van der Waals surface area contributed by atoms with Crippen LogP contribution in [0.5, 0.6) is 0 Å². The van der Waals surface area contributed by atoms with Crippen LogP contribution in [-0.4, -0.2) is 47.4 Å². The maximum atomic E-state index is 12.3. The molecule has 7 atom stereocenters. The van der Waals surface area contributed by atoms with E-state index in [1.54, 1.807) is 0 Å². The van der Waals surface area contributed by atoms with Gasteiger partial charge in [-0.3, -0.25) is 9.59 Å². The van der Waals surface area contributed by atoms with Gasteiger partial charge < -0.3 is 20.6 Å². The van der Waals surface area contributed by atoms with Crippen LogP contribution in [-0.2, 0) is 14.4 Å². The summed E-state index contributed by atoms with van der Waals surface area (Å²) < 4.78 is 0. The molecule has 3 N–H and O–H groups in total. The zero-order valence-corrected chi connectivity index (χ0v) is 21.8. The van der Waals surface area contributed by atoms with E-state index in [2.05, 4.69) is 41.6 Å². The summed E-state index contributed by atoms with van der Waals surface area (Å²) in [5.41, 5.74) is 1.35. The van der Waals surface area contributed by atoms with E-state index in [1.165, 1.54) is 5.57 Å². The van der Waals surface area contributed by atoms with Crippen molar-refractivity contribution in [1.29, 1.82) is 0 Å². The monoisotopic (exact) mass is 495 g/mol. The Labute approximate surface area is 214 Å². The lowest BCUT2D eigenvalue weighted by molar-refractivity contribution is -0.131. The van der Waals surface area contributed by atoms with Gasteiger partial charge in [0.1, 0.15) is 11.6 Å². The summed E-state index contributed by atoms with van der Waals surface area (Å²) >= 11 is 0. The van der Waals surface area contributed by atoms with E-state index in [0.717, 1.165) is 69.9 Å². The van der Waals surface area contributed by atoms with Gasteiger partial charge in [0.05, 0.1) is 5.71 Å². The number of hydrogen-bond acceptors (Lipinski definition) is 5. The largest absolute Gasteiger partial charge is 0.385 e. The van der Waals surface area contributed by atoms with E-state index in [1.807, 2.05) is 0 Å². The maximum Gasteiger partial charge on any atom is 0.261 e. The molecule has 0 unspecified atom stereocenters. The number of hydrogen-bond donors (Lipinski definition) is 3. The number of terminal acetylenes is 1. The summed E-state index contributed by atoms with van der Waals surface area (Å²) in [5.74, 6) is 4.03. The van der Waals surface area contributed by atoms with Gasteiger partial charge in [-0.2, -0.15) is 0 Å². The normalized spacial score (nSPS) is 43.1. The minimum absolute atomic E-state index is 0.122. The number of carbonyl (C=O) groups is 2. The summed E-state index contributed by atoms with van der Waals surface area (Å²) in [6.45, 7) is 5.13. The third-order valence-corrected chi connectivity index (χ3v) is 10.6. The first-order valence-corrected chi connectivity index (χ1v) is 13.9. The third-order valence-electron chi connectivity index (χ3n) is 10.6. The molecule has 0 aromatic carbocycles. The molecule has 4 aliphatic carbocycles. The number of aliphatic hydroxyl groups is 1. The van der Waals surface area contributed by atoms with Gasteiger partial charge in [0.2, 0.25) is 5.91 Å². The number of nitrogens with zero attached hydrogens (tertiary/aromatic N) is 1. The quantitative estimate of drug-likeness (QED) is 0.411. The van der Waals surface area contributed by atoms with Crippen LogP contribution >= 0.6 is 0 Å². The maximum absolute atomic E-state index is 12.3. The molecule has 4 fully saturated rings. The van der Waals surface area contributed by atoms with Gasteiger partial charge in [0.25, 0.3) is 5.91 Å². The summed E-state index contributed by atoms with van der Waals surface area (Å²) in [6.07, 6.45) is 18.4. The average Bonchev–Trinajstić information content (AvgIpc) is 2.98. The Kier molecular flexibility index (Phi) is 6.70. The lowest BCUT2D eigenvalue weighted by atomic mass is 9.46. The van der Waals surface area contributed by atoms with Crippen LogP contribution in [0.3, 0.4) is 0 Å². The van der Waals surface area contributed by atoms with Gasteiger partial charge in [-0.1, -0.05) is 30.5 Å². The number of nitrogens with one attached hydrogen (secondary N) is 2. The van der Waals surface area contributed by atoms with Gasteiger partial charge in [0, 0.05) is 12.0 Å². The SMILES string of the molecule is C#C[C@@]1(O)CC[C@@H]2[C@@H]3CCC4=C/C(=N\OCC(=O)N[C@@H]5CCCCNC5=O)CC[C@]4(C)[C@H]3CC[C@@]21C. The molecule has 0 bridgehead atoms. The molecule has 3 saturated carbocycles. The summed E-state index contributed by atoms with van der Waals surface area (Å²) in [5, 5.41) is 21.1. The molecular weight excluding hydrogens is 454 g/mol. The summed E-state index contributed by atoms with van der Waals surface area (Å²) in [4.78, 5) is 29.8. The van der Waals surface area contributed by atoms with Crippen LogP contribution in [0, 0.1) is 40.9 Å². The second-order valence-electron chi connectivity index (χ2n) is 12.3. The van der Waals surface area contributed by atoms with Crippen molar-refractivity contribution in [2.45, 2.75) is 96.1 Å². The first-order valence-electron chi connectivity index (χ1n) is 13.9. The van der Waals surface area contributed by atoms with Gasteiger partial charge in [0.15, 0.2) is 6.61 Å². The van der Waals surface area contributed by atoms with Crippen molar-refractivity contribution in [3.63, 3.8) is 0 Å². The molecule has 36 heavy (non-hydrogen) atoms. The van der Waals surface area contributed by atoms with E-state index < -0.39 is 11.6 Å². The Balaban J connectivity index is 1.21. The van der Waals surface area contributed by atoms with Crippen molar-refractivity contribution in [2.24, 2.45) is 33.7 Å². The molecule has 0 radical (unpaired) electrons. The summed E-state index contributed by atoms with van der Waals surface area (Å²) in [7, 11) is 0. The average molecular weight is 496 g/mol. The van der Waals surface area contributed by atoms with Crippen LogP contribution in [0.4, 0.5) is 0 Å². The Morgan fingerprint density at radius 2 is 2.00 bits per heavy atom. The van der Waals surface area contributed by atoms with Crippen LogP contribution in [0.15, 0.2) is 16.8 Å². The van der Waals surface area contributed by atoms with Gasteiger partial charge >= 0.3 is 0 Å². The number of fused-ring (bicyclic) bond motifs is 5. The first-order chi connectivity index (χ1) is 17.2. The molecule has 0 aromatic rings. The molecule has 0 aromatic heterocycles.